The first-order valence-electron chi connectivity index (χ1n) is 9.68. The van der Waals surface area contributed by atoms with Crippen LogP contribution in [0.15, 0.2) is 60.4 Å². The van der Waals surface area contributed by atoms with Crippen molar-refractivity contribution in [1.29, 1.82) is 5.26 Å². The Morgan fingerprint density at radius 3 is 2.57 bits per heavy atom. The van der Waals surface area contributed by atoms with Crippen LogP contribution in [-0.4, -0.2) is 48.5 Å². The molecule has 0 unspecified atom stereocenters. The molecule has 0 aliphatic carbocycles. The number of carbonyl (C=O) groups is 1. The minimum atomic E-state index is -0.207. The monoisotopic (exact) mass is 373 g/mol. The lowest BCUT2D eigenvalue weighted by molar-refractivity contribution is -0.114. The Hall–Kier alpha value is -3.33. The molecule has 1 aromatic carbocycles. The number of amides is 1. The van der Waals surface area contributed by atoms with Gasteiger partial charge in [-0.25, -0.2) is 4.98 Å². The Bertz CT molecular complexity index is 910. The number of carbonyl (C=O) groups excluding carboxylic acids is 1. The standard InChI is InChI=1S/C22H23N5O/c23-16-19(22(28)27-11-5-7-18-6-1-2-8-20(18)27)17-25-12-14-26(15-13-25)21-9-3-4-10-24-21/h1-4,6,8-10,17H,5,7,11-15H2/b19-17-. The quantitative estimate of drug-likeness (QED) is 0.611. The van der Waals surface area contributed by atoms with Crippen LogP contribution in [0.25, 0.3) is 0 Å². The summed E-state index contributed by atoms with van der Waals surface area (Å²) < 4.78 is 0. The third-order valence-corrected chi connectivity index (χ3v) is 5.31. The molecule has 2 aromatic rings. The second-order valence-electron chi connectivity index (χ2n) is 7.05. The number of benzene rings is 1. The fourth-order valence-electron chi connectivity index (χ4n) is 3.83. The molecule has 0 radical (unpaired) electrons. The highest BCUT2D eigenvalue weighted by molar-refractivity contribution is 6.08. The lowest BCUT2D eigenvalue weighted by atomic mass is 10.0. The van der Waals surface area contributed by atoms with E-state index in [4.69, 9.17) is 0 Å². The van der Waals surface area contributed by atoms with Gasteiger partial charge in [0.15, 0.2) is 0 Å². The number of rotatable bonds is 3. The number of anilines is 2. The molecular weight excluding hydrogens is 350 g/mol. The number of nitrogens with zero attached hydrogens (tertiary/aromatic N) is 5. The zero-order valence-electron chi connectivity index (χ0n) is 15.8. The molecule has 1 aromatic heterocycles. The number of piperazine rings is 1. The van der Waals surface area contributed by atoms with Crippen molar-refractivity contribution in [3.63, 3.8) is 0 Å². The summed E-state index contributed by atoms with van der Waals surface area (Å²) in [4.78, 5) is 23.5. The molecule has 1 fully saturated rings. The van der Waals surface area contributed by atoms with Gasteiger partial charge in [-0.2, -0.15) is 5.26 Å². The minimum absolute atomic E-state index is 0.197. The second-order valence-corrected chi connectivity index (χ2v) is 7.05. The number of nitriles is 1. The molecule has 4 rings (SSSR count). The molecule has 142 valence electrons. The fraction of sp³-hybridized carbons (Fsp3) is 0.318. The molecule has 1 saturated heterocycles. The Morgan fingerprint density at radius 1 is 1.04 bits per heavy atom. The largest absolute Gasteiger partial charge is 0.373 e. The predicted octanol–water partition coefficient (Wildman–Crippen LogP) is 2.59. The highest BCUT2D eigenvalue weighted by atomic mass is 16.2. The van der Waals surface area contributed by atoms with E-state index in [1.807, 2.05) is 36.4 Å². The van der Waals surface area contributed by atoms with Crippen LogP contribution in [0.5, 0.6) is 0 Å². The van der Waals surface area contributed by atoms with E-state index in [0.29, 0.717) is 6.54 Å². The Labute approximate surface area is 165 Å². The van der Waals surface area contributed by atoms with Crippen LogP contribution < -0.4 is 9.80 Å². The summed E-state index contributed by atoms with van der Waals surface area (Å²) in [6.07, 6.45) is 5.42. The Kier molecular flexibility index (Phi) is 5.24. The van der Waals surface area contributed by atoms with Crippen molar-refractivity contribution in [2.45, 2.75) is 12.8 Å². The zero-order chi connectivity index (χ0) is 19.3. The SMILES string of the molecule is N#C/C(=C/N1CCN(c2ccccn2)CC1)C(=O)N1CCCc2ccccc21. The van der Waals surface area contributed by atoms with Crippen LogP contribution in [0.2, 0.25) is 0 Å². The molecule has 2 aliphatic rings. The average Bonchev–Trinajstić information content (AvgIpc) is 2.77. The first-order chi connectivity index (χ1) is 13.8. The molecule has 0 bridgehead atoms. The maximum Gasteiger partial charge on any atom is 0.270 e. The second kappa shape index (κ2) is 8.13. The number of aromatic nitrogens is 1. The minimum Gasteiger partial charge on any atom is -0.373 e. The maximum absolute atomic E-state index is 13.0. The van der Waals surface area contributed by atoms with Gasteiger partial charge in [0.25, 0.3) is 5.91 Å². The Morgan fingerprint density at radius 2 is 1.82 bits per heavy atom. The van der Waals surface area contributed by atoms with Crippen molar-refractivity contribution in [2.24, 2.45) is 0 Å². The van der Waals surface area contributed by atoms with E-state index in [9.17, 15) is 10.1 Å². The molecule has 0 spiro atoms. The molecule has 0 saturated carbocycles. The summed E-state index contributed by atoms with van der Waals surface area (Å²) in [6, 6.07) is 16.0. The third-order valence-electron chi connectivity index (χ3n) is 5.31. The number of pyridine rings is 1. The van der Waals surface area contributed by atoms with Crippen LogP contribution in [0, 0.1) is 11.3 Å². The van der Waals surface area contributed by atoms with E-state index in [0.717, 1.165) is 50.5 Å². The highest BCUT2D eigenvalue weighted by Crippen LogP contribution is 2.28. The summed E-state index contributed by atoms with van der Waals surface area (Å²) in [5, 5.41) is 9.62. The van der Waals surface area contributed by atoms with Gasteiger partial charge in [-0.1, -0.05) is 24.3 Å². The number of fused-ring (bicyclic) bond motifs is 1. The number of aryl methyl sites for hydroxylation is 1. The number of hydrogen-bond acceptors (Lipinski definition) is 5. The summed E-state index contributed by atoms with van der Waals surface area (Å²) in [5.41, 5.74) is 2.30. The molecule has 1 amide bonds. The van der Waals surface area contributed by atoms with Gasteiger partial charge < -0.3 is 14.7 Å². The number of para-hydroxylation sites is 1. The molecule has 2 aliphatic heterocycles. The van der Waals surface area contributed by atoms with Gasteiger partial charge in [0.1, 0.15) is 17.5 Å². The molecular formula is C22H23N5O. The van der Waals surface area contributed by atoms with Crippen LogP contribution in [-0.2, 0) is 11.2 Å². The highest BCUT2D eigenvalue weighted by Gasteiger charge is 2.26. The van der Waals surface area contributed by atoms with Crippen molar-refractivity contribution >= 4 is 17.4 Å². The van der Waals surface area contributed by atoms with E-state index in [1.165, 1.54) is 5.56 Å². The molecule has 3 heterocycles. The van der Waals surface area contributed by atoms with Crippen LogP contribution in [0.1, 0.15) is 12.0 Å². The van der Waals surface area contributed by atoms with E-state index in [2.05, 4.69) is 26.9 Å². The van der Waals surface area contributed by atoms with Gasteiger partial charge in [0.2, 0.25) is 0 Å². The predicted molar refractivity (Wildman–Crippen MR) is 109 cm³/mol. The normalized spacial score (nSPS) is 17.1. The lowest BCUT2D eigenvalue weighted by Gasteiger charge is -2.35. The Balaban J connectivity index is 1.46. The van der Waals surface area contributed by atoms with E-state index >= 15 is 0 Å². The van der Waals surface area contributed by atoms with Gasteiger partial charge in [-0.3, -0.25) is 4.79 Å². The van der Waals surface area contributed by atoms with Crippen molar-refractivity contribution in [3.8, 4) is 6.07 Å². The van der Waals surface area contributed by atoms with Crippen molar-refractivity contribution in [3.05, 3.63) is 66.0 Å². The smallest absolute Gasteiger partial charge is 0.270 e. The first kappa shape index (κ1) is 18.1. The van der Waals surface area contributed by atoms with Gasteiger partial charge in [0.05, 0.1) is 0 Å². The topological polar surface area (TPSA) is 63.5 Å². The summed E-state index contributed by atoms with van der Waals surface area (Å²) in [7, 11) is 0. The van der Waals surface area contributed by atoms with Crippen molar-refractivity contribution < 1.29 is 4.79 Å². The van der Waals surface area contributed by atoms with Crippen LogP contribution in [0.4, 0.5) is 11.5 Å². The van der Waals surface area contributed by atoms with E-state index in [-0.39, 0.29) is 11.5 Å². The molecule has 28 heavy (non-hydrogen) atoms. The van der Waals surface area contributed by atoms with Crippen LogP contribution in [0.3, 0.4) is 0 Å². The van der Waals surface area contributed by atoms with Crippen molar-refractivity contribution in [2.75, 3.05) is 42.5 Å². The van der Waals surface area contributed by atoms with Gasteiger partial charge in [0, 0.05) is 50.8 Å². The van der Waals surface area contributed by atoms with Crippen LogP contribution >= 0.6 is 0 Å². The van der Waals surface area contributed by atoms with Gasteiger partial charge >= 0.3 is 0 Å². The summed E-state index contributed by atoms with van der Waals surface area (Å²) in [6.45, 7) is 3.79. The molecule has 0 N–H and O–H groups in total. The van der Waals surface area contributed by atoms with E-state index < -0.39 is 0 Å². The van der Waals surface area contributed by atoms with Gasteiger partial charge in [-0.05, 0) is 36.6 Å². The molecule has 6 heteroatoms. The fourth-order valence-corrected chi connectivity index (χ4v) is 3.83. The summed E-state index contributed by atoms with van der Waals surface area (Å²) >= 11 is 0. The zero-order valence-corrected chi connectivity index (χ0v) is 15.8. The third kappa shape index (κ3) is 3.70. The number of hydrogen-bond donors (Lipinski definition) is 0. The maximum atomic E-state index is 13.0. The molecule has 6 nitrogen and oxygen atoms in total. The van der Waals surface area contributed by atoms with E-state index in [1.54, 1.807) is 17.3 Å². The average molecular weight is 373 g/mol. The molecule has 0 atom stereocenters. The lowest BCUT2D eigenvalue weighted by Crippen LogP contribution is -2.45. The van der Waals surface area contributed by atoms with Gasteiger partial charge in [-0.15, -0.1) is 0 Å². The summed E-state index contributed by atoms with van der Waals surface area (Å²) in [5.74, 6) is 0.759. The first-order valence-corrected chi connectivity index (χ1v) is 9.68. The van der Waals surface area contributed by atoms with Crippen molar-refractivity contribution in [1.82, 2.24) is 9.88 Å².